The summed E-state index contributed by atoms with van der Waals surface area (Å²) in [5.74, 6) is -2.48. The zero-order valence-corrected chi connectivity index (χ0v) is 13.0. The van der Waals surface area contributed by atoms with Crippen LogP contribution in [0.3, 0.4) is 0 Å². The topological polar surface area (TPSA) is 52.6 Å². The third-order valence-corrected chi connectivity index (χ3v) is 4.07. The fourth-order valence-corrected chi connectivity index (χ4v) is 2.73. The average molecular weight is 330 g/mol. The quantitative estimate of drug-likeness (QED) is 0.563. The second-order valence-electron chi connectivity index (χ2n) is 5.19. The minimum atomic E-state index is -2.48. The van der Waals surface area contributed by atoms with Gasteiger partial charge >= 0.3 is 6.03 Å². The normalized spacial score (nSPS) is 14.2. The van der Waals surface area contributed by atoms with Crippen molar-refractivity contribution in [1.82, 2.24) is 4.90 Å². The number of carbonyl (C=O) groups excluding carboxylic acids is 1. The first-order valence-corrected chi connectivity index (χ1v) is 8.21. The molecule has 122 valence electrons. The van der Waals surface area contributed by atoms with Crippen LogP contribution in [-0.4, -0.2) is 41.0 Å². The van der Waals surface area contributed by atoms with Crippen LogP contribution >= 0.6 is 11.8 Å². The lowest BCUT2D eigenvalue weighted by Gasteiger charge is -2.23. The molecule has 0 aliphatic heterocycles. The zero-order valence-electron chi connectivity index (χ0n) is 12.2. The Kier molecular flexibility index (Phi) is 6.45. The van der Waals surface area contributed by atoms with E-state index in [0.717, 1.165) is 19.3 Å². The summed E-state index contributed by atoms with van der Waals surface area (Å²) < 4.78 is 24.8. The van der Waals surface area contributed by atoms with Gasteiger partial charge in [-0.05, 0) is 43.9 Å². The number of nitrogens with zero attached hydrogens (tertiary/aromatic N) is 1. The number of carbonyl (C=O) groups is 1. The highest BCUT2D eigenvalue weighted by Gasteiger charge is 2.32. The van der Waals surface area contributed by atoms with Crippen molar-refractivity contribution in [3.05, 3.63) is 24.3 Å². The molecule has 2 rings (SSSR count). The van der Waals surface area contributed by atoms with Crippen LogP contribution in [0.15, 0.2) is 29.2 Å². The van der Waals surface area contributed by atoms with Gasteiger partial charge in [0.15, 0.2) is 0 Å². The van der Waals surface area contributed by atoms with Gasteiger partial charge in [-0.2, -0.15) is 8.78 Å². The molecule has 1 saturated carbocycles. The van der Waals surface area contributed by atoms with E-state index in [0.29, 0.717) is 35.3 Å². The van der Waals surface area contributed by atoms with E-state index in [1.807, 2.05) is 0 Å². The molecule has 22 heavy (non-hydrogen) atoms. The minimum absolute atomic E-state index is 0.118. The van der Waals surface area contributed by atoms with Gasteiger partial charge < -0.3 is 15.3 Å². The van der Waals surface area contributed by atoms with Gasteiger partial charge in [-0.1, -0.05) is 17.8 Å². The molecule has 0 saturated heterocycles. The predicted octanol–water partition coefficient (Wildman–Crippen LogP) is 3.77. The van der Waals surface area contributed by atoms with Crippen molar-refractivity contribution in [3.63, 3.8) is 0 Å². The third kappa shape index (κ3) is 5.46. The summed E-state index contributed by atoms with van der Waals surface area (Å²) in [6.07, 6.45) is 3.40. The molecule has 0 atom stereocenters. The first kappa shape index (κ1) is 17.0. The number of thioether (sulfide) groups is 1. The number of aliphatic hydroxyl groups is 1. The number of rotatable bonds is 8. The maximum Gasteiger partial charge on any atom is 0.322 e. The van der Waals surface area contributed by atoms with Crippen molar-refractivity contribution in [2.75, 3.05) is 18.5 Å². The Morgan fingerprint density at radius 1 is 1.41 bits per heavy atom. The van der Waals surface area contributed by atoms with Crippen molar-refractivity contribution in [2.24, 2.45) is 0 Å². The van der Waals surface area contributed by atoms with Crippen LogP contribution in [0.25, 0.3) is 0 Å². The highest BCUT2D eigenvalue weighted by molar-refractivity contribution is 7.99. The van der Waals surface area contributed by atoms with Crippen molar-refractivity contribution in [1.29, 1.82) is 0 Å². The summed E-state index contributed by atoms with van der Waals surface area (Å²) in [5.41, 5.74) is 0.517. The molecule has 2 N–H and O–H groups in total. The lowest BCUT2D eigenvalue weighted by Crippen LogP contribution is -2.37. The highest BCUT2D eigenvalue weighted by Crippen LogP contribution is 2.29. The molecule has 0 bridgehead atoms. The number of aliphatic hydroxyl groups excluding tert-OH is 1. The monoisotopic (exact) mass is 330 g/mol. The van der Waals surface area contributed by atoms with E-state index >= 15 is 0 Å². The van der Waals surface area contributed by atoms with Crippen LogP contribution in [0.4, 0.5) is 19.3 Å². The Hall–Kier alpha value is -1.34. The second kappa shape index (κ2) is 8.33. The van der Waals surface area contributed by atoms with Crippen LogP contribution < -0.4 is 5.32 Å². The van der Waals surface area contributed by atoms with Gasteiger partial charge in [0.25, 0.3) is 5.76 Å². The van der Waals surface area contributed by atoms with Crippen LogP contribution in [0.1, 0.15) is 25.7 Å². The summed E-state index contributed by atoms with van der Waals surface area (Å²) in [6, 6.07) is 6.52. The molecule has 1 aromatic rings. The summed E-state index contributed by atoms with van der Waals surface area (Å²) in [6.45, 7) is 0.718. The van der Waals surface area contributed by atoms with Gasteiger partial charge in [-0.3, -0.25) is 0 Å². The van der Waals surface area contributed by atoms with E-state index in [1.165, 1.54) is 0 Å². The Morgan fingerprint density at radius 2 is 2.18 bits per heavy atom. The summed E-state index contributed by atoms with van der Waals surface area (Å²) >= 11 is 0.458. The van der Waals surface area contributed by atoms with Crippen molar-refractivity contribution < 1.29 is 18.7 Å². The molecule has 0 aromatic heterocycles. The zero-order chi connectivity index (χ0) is 15.9. The van der Waals surface area contributed by atoms with Crippen LogP contribution in [-0.2, 0) is 0 Å². The summed E-state index contributed by atoms with van der Waals surface area (Å²) in [5, 5.41) is 11.6. The fraction of sp³-hybridized carbons (Fsp3) is 0.533. The smallest absolute Gasteiger partial charge is 0.322 e. The van der Waals surface area contributed by atoms with E-state index in [9.17, 15) is 13.6 Å². The largest absolute Gasteiger partial charge is 0.396 e. The lowest BCUT2D eigenvalue weighted by atomic mass is 10.3. The van der Waals surface area contributed by atoms with E-state index in [4.69, 9.17) is 5.11 Å². The van der Waals surface area contributed by atoms with Crippen LogP contribution in [0.5, 0.6) is 0 Å². The number of benzene rings is 1. The van der Waals surface area contributed by atoms with E-state index in [-0.39, 0.29) is 18.7 Å². The second-order valence-corrected chi connectivity index (χ2v) is 6.26. The van der Waals surface area contributed by atoms with Gasteiger partial charge in [-0.15, -0.1) is 0 Å². The van der Waals surface area contributed by atoms with Crippen molar-refractivity contribution in [2.45, 2.75) is 42.4 Å². The standard InChI is InChI=1S/C15H20F2N2O2S/c16-14(17)22-13-5-3-4-11(10-13)18-15(21)19(12-6-7-12)8-1-2-9-20/h3-5,10,12,14,20H,1-2,6-9H2,(H,18,21). The Morgan fingerprint density at radius 3 is 2.82 bits per heavy atom. The number of amides is 2. The minimum Gasteiger partial charge on any atom is -0.396 e. The summed E-state index contributed by atoms with van der Waals surface area (Å²) in [4.78, 5) is 14.5. The SMILES string of the molecule is O=C(Nc1cccc(SC(F)F)c1)N(CCCCO)C1CC1. The Balaban J connectivity index is 1.94. The van der Waals surface area contributed by atoms with Gasteiger partial charge in [0.05, 0.1) is 0 Å². The Bertz CT molecular complexity index is 498. The molecule has 7 heteroatoms. The number of alkyl halides is 2. The molecule has 4 nitrogen and oxygen atoms in total. The molecule has 1 aliphatic rings. The molecule has 1 fully saturated rings. The van der Waals surface area contributed by atoms with Crippen LogP contribution in [0.2, 0.25) is 0 Å². The van der Waals surface area contributed by atoms with Crippen LogP contribution in [0, 0.1) is 0 Å². The first-order valence-electron chi connectivity index (χ1n) is 7.33. The van der Waals surface area contributed by atoms with Crippen molar-refractivity contribution >= 4 is 23.5 Å². The number of urea groups is 1. The maximum absolute atomic E-state index is 12.4. The molecule has 2 amide bonds. The van der Waals surface area contributed by atoms with E-state index < -0.39 is 5.76 Å². The molecule has 0 spiro atoms. The predicted molar refractivity (Wildman–Crippen MR) is 83.4 cm³/mol. The van der Waals surface area contributed by atoms with E-state index in [1.54, 1.807) is 29.2 Å². The lowest BCUT2D eigenvalue weighted by molar-refractivity contribution is 0.204. The molecule has 1 aromatic carbocycles. The number of hydrogen-bond donors (Lipinski definition) is 2. The molecular weight excluding hydrogens is 310 g/mol. The third-order valence-electron chi connectivity index (χ3n) is 3.37. The molecule has 0 heterocycles. The molecular formula is C15H20F2N2O2S. The van der Waals surface area contributed by atoms with Gasteiger partial charge in [0, 0.05) is 29.8 Å². The van der Waals surface area contributed by atoms with Crippen molar-refractivity contribution in [3.8, 4) is 0 Å². The molecule has 1 aliphatic carbocycles. The van der Waals surface area contributed by atoms with Gasteiger partial charge in [0.2, 0.25) is 0 Å². The average Bonchev–Trinajstić information content (AvgIpc) is 3.27. The number of unbranched alkanes of at least 4 members (excludes halogenated alkanes) is 1. The maximum atomic E-state index is 12.4. The molecule has 0 unspecified atom stereocenters. The van der Waals surface area contributed by atoms with E-state index in [2.05, 4.69) is 5.32 Å². The number of nitrogens with one attached hydrogen (secondary N) is 1. The van der Waals surface area contributed by atoms with Gasteiger partial charge in [-0.25, -0.2) is 4.79 Å². The van der Waals surface area contributed by atoms with Gasteiger partial charge in [0.1, 0.15) is 0 Å². The molecule has 0 radical (unpaired) electrons. The number of halogens is 2. The highest BCUT2D eigenvalue weighted by atomic mass is 32.2. The summed E-state index contributed by atoms with van der Waals surface area (Å²) in [7, 11) is 0. The number of anilines is 1. The first-order chi connectivity index (χ1) is 10.6. The number of hydrogen-bond acceptors (Lipinski definition) is 3. The fourth-order valence-electron chi connectivity index (χ4n) is 2.18. The Labute approximate surface area is 132 Å².